The van der Waals surface area contributed by atoms with E-state index in [1.807, 2.05) is 38.1 Å². The summed E-state index contributed by atoms with van der Waals surface area (Å²) in [5.41, 5.74) is 8.79. The average Bonchev–Trinajstić information content (AvgIpc) is 2.91. The Kier molecular flexibility index (Phi) is 6.73. The summed E-state index contributed by atoms with van der Waals surface area (Å²) in [5.74, 6) is 1.42. The van der Waals surface area contributed by atoms with Crippen molar-refractivity contribution >= 4 is 17.8 Å². The molecule has 2 amide bonds. The van der Waals surface area contributed by atoms with E-state index in [-0.39, 0.29) is 29.9 Å². The highest BCUT2D eigenvalue weighted by Gasteiger charge is 2.43. The smallest absolute Gasteiger partial charge is 0.251 e. The lowest BCUT2D eigenvalue weighted by molar-refractivity contribution is -0.132. The Morgan fingerprint density at radius 2 is 1.93 bits per heavy atom. The molecule has 0 radical (unpaired) electrons. The molecule has 0 aromatic heterocycles. The van der Waals surface area contributed by atoms with Gasteiger partial charge < -0.3 is 25.3 Å². The number of nitrogens with one attached hydrogen (secondary N) is 1. The summed E-state index contributed by atoms with van der Waals surface area (Å²) in [6, 6.07) is 10.9. The summed E-state index contributed by atoms with van der Waals surface area (Å²) >= 11 is 0. The number of guanidine groups is 1. The third kappa shape index (κ3) is 4.91. The first-order chi connectivity index (χ1) is 19.2. The zero-order chi connectivity index (χ0) is 28.1. The second kappa shape index (κ2) is 10.1. The van der Waals surface area contributed by atoms with E-state index in [4.69, 9.17) is 24.9 Å². The Hall–Kier alpha value is -3.59. The van der Waals surface area contributed by atoms with Crippen LogP contribution in [0.15, 0.2) is 41.4 Å². The van der Waals surface area contributed by atoms with E-state index in [0.717, 1.165) is 28.9 Å². The number of ether oxygens (including phenoxy) is 3. The van der Waals surface area contributed by atoms with E-state index < -0.39 is 11.1 Å². The fourth-order valence-corrected chi connectivity index (χ4v) is 6.53. The minimum atomic E-state index is -0.539. The maximum atomic E-state index is 13.7. The predicted octanol–water partition coefficient (Wildman–Crippen LogP) is 4.55. The number of benzene rings is 2. The first-order valence-corrected chi connectivity index (χ1v) is 14.3. The molecular formula is C31H38N4O5. The van der Waals surface area contributed by atoms with Gasteiger partial charge in [0.2, 0.25) is 5.91 Å². The molecule has 9 nitrogen and oxygen atoms in total. The van der Waals surface area contributed by atoms with Crippen LogP contribution in [0.4, 0.5) is 0 Å². The number of rotatable bonds is 1. The number of nitrogens with zero attached hydrogens (tertiary/aromatic N) is 2. The highest BCUT2D eigenvalue weighted by molar-refractivity contribution is 6.00. The van der Waals surface area contributed by atoms with Gasteiger partial charge in [-0.2, -0.15) is 0 Å². The maximum absolute atomic E-state index is 13.7. The standard InChI is InChI=1S/C31H38N4O5/c1-4-31-11-5-12-38-18-19-6-8-26-21(14-19)23(16-30(2,3)40-26)33-28(37)20-7-9-25-22(15-20)24(10-13-39-25)35(27(36)17-31)29(32)34-31/h6-9,14-15,23-24H,4-5,10-13,16-18H2,1-3H3,(H2,32,34)(H,33,37)/t23-,24+,31+/m0/s1. The Morgan fingerprint density at radius 1 is 1.10 bits per heavy atom. The minimum absolute atomic E-state index is 0.0473. The normalized spacial score (nSPS) is 27.8. The molecule has 2 aromatic carbocycles. The van der Waals surface area contributed by atoms with Crippen molar-refractivity contribution in [2.75, 3.05) is 13.2 Å². The van der Waals surface area contributed by atoms with Gasteiger partial charge in [0, 0.05) is 36.1 Å². The molecule has 0 saturated heterocycles. The Labute approximate surface area is 235 Å². The molecule has 212 valence electrons. The van der Waals surface area contributed by atoms with Gasteiger partial charge in [0.05, 0.1) is 37.3 Å². The molecule has 2 aromatic rings. The molecule has 0 spiro atoms. The Bertz CT molecular complexity index is 1370. The first kappa shape index (κ1) is 26.6. The van der Waals surface area contributed by atoms with Crippen molar-refractivity contribution in [1.82, 2.24) is 10.2 Å². The maximum Gasteiger partial charge on any atom is 0.251 e. The molecule has 0 fully saturated rings. The summed E-state index contributed by atoms with van der Waals surface area (Å²) in [4.78, 5) is 33.8. The van der Waals surface area contributed by atoms with Crippen molar-refractivity contribution < 1.29 is 23.8 Å². The molecule has 0 saturated carbocycles. The van der Waals surface area contributed by atoms with Gasteiger partial charge in [0.25, 0.3) is 5.91 Å². The fraction of sp³-hybridized carbons (Fsp3) is 0.516. The number of carbonyl (C=O) groups excluding carboxylic acids is 2. The van der Waals surface area contributed by atoms with Gasteiger partial charge in [-0.05, 0) is 69.0 Å². The summed E-state index contributed by atoms with van der Waals surface area (Å²) in [5, 5.41) is 3.25. The highest BCUT2D eigenvalue weighted by Crippen LogP contribution is 2.42. The van der Waals surface area contributed by atoms with E-state index in [1.165, 1.54) is 0 Å². The molecule has 3 N–H and O–H groups in total. The number of nitrogens with two attached hydrogens (primary N) is 1. The van der Waals surface area contributed by atoms with Crippen LogP contribution in [0.5, 0.6) is 11.5 Å². The van der Waals surface area contributed by atoms with Gasteiger partial charge in [0.1, 0.15) is 17.1 Å². The van der Waals surface area contributed by atoms with Gasteiger partial charge in [-0.3, -0.25) is 14.5 Å². The van der Waals surface area contributed by atoms with Crippen LogP contribution in [-0.2, 0) is 16.1 Å². The van der Waals surface area contributed by atoms with E-state index in [2.05, 4.69) is 18.3 Å². The van der Waals surface area contributed by atoms with Crippen molar-refractivity contribution in [3.8, 4) is 11.5 Å². The third-order valence-corrected chi connectivity index (χ3v) is 8.63. The van der Waals surface area contributed by atoms with Gasteiger partial charge in [-0.25, -0.2) is 4.99 Å². The van der Waals surface area contributed by atoms with Gasteiger partial charge in [-0.15, -0.1) is 0 Å². The van der Waals surface area contributed by atoms with E-state index in [9.17, 15) is 9.59 Å². The van der Waals surface area contributed by atoms with E-state index in [1.54, 1.807) is 11.0 Å². The van der Waals surface area contributed by atoms with Crippen LogP contribution in [0.2, 0.25) is 0 Å². The largest absolute Gasteiger partial charge is 0.493 e. The molecule has 9 heteroatoms. The number of fused-ring (bicyclic) bond motifs is 6. The predicted molar refractivity (Wildman–Crippen MR) is 150 cm³/mol. The molecule has 3 atom stereocenters. The second-order valence-electron chi connectivity index (χ2n) is 12.0. The van der Waals surface area contributed by atoms with E-state index >= 15 is 0 Å². The van der Waals surface area contributed by atoms with Crippen LogP contribution in [0.1, 0.15) is 98.4 Å². The minimum Gasteiger partial charge on any atom is -0.493 e. The van der Waals surface area contributed by atoms with Crippen molar-refractivity contribution in [2.24, 2.45) is 10.7 Å². The van der Waals surface area contributed by atoms with Crippen molar-refractivity contribution in [2.45, 2.75) is 89.1 Å². The van der Waals surface area contributed by atoms with Crippen LogP contribution in [0.25, 0.3) is 0 Å². The monoisotopic (exact) mass is 546 g/mol. The quantitative estimate of drug-likeness (QED) is 0.542. The number of amides is 2. The Morgan fingerprint density at radius 3 is 2.73 bits per heavy atom. The lowest BCUT2D eigenvalue weighted by Gasteiger charge is -2.42. The second-order valence-corrected chi connectivity index (χ2v) is 12.0. The zero-order valence-corrected chi connectivity index (χ0v) is 23.5. The van der Waals surface area contributed by atoms with Crippen LogP contribution < -0.4 is 20.5 Å². The topological polar surface area (TPSA) is 115 Å². The third-order valence-electron chi connectivity index (χ3n) is 8.63. The molecule has 5 aliphatic heterocycles. The number of carbonyl (C=O) groups is 2. The molecule has 0 aliphatic carbocycles. The van der Waals surface area contributed by atoms with E-state index in [0.29, 0.717) is 63.2 Å². The first-order valence-electron chi connectivity index (χ1n) is 14.3. The van der Waals surface area contributed by atoms with Crippen LogP contribution in [0.3, 0.4) is 0 Å². The highest BCUT2D eigenvalue weighted by atomic mass is 16.5. The van der Waals surface area contributed by atoms with Gasteiger partial charge in [0.15, 0.2) is 5.96 Å². The number of hydrogen-bond acceptors (Lipinski definition) is 7. The summed E-state index contributed by atoms with van der Waals surface area (Å²) in [6.45, 7) is 7.56. The fourth-order valence-electron chi connectivity index (χ4n) is 6.53. The van der Waals surface area contributed by atoms with Crippen molar-refractivity contribution in [3.05, 3.63) is 58.7 Å². The molecule has 7 rings (SSSR count). The van der Waals surface area contributed by atoms with Crippen molar-refractivity contribution in [1.29, 1.82) is 0 Å². The number of hydrogen-bond donors (Lipinski definition) is 2. The molecule has 6 bridgehead atoms. The zero-order valence-electron chi connectivity index (χ0n) is 23.5. The lowest BCUT2D eigenvalue weighted by Crippen LogP contribution is -2.53. The summed E-state index contributed by atoms with van der Waals surface area (Å²) in [7, 11) is 0. The molecule has 5 aliphatic rings. The molecular weight excluding hydrogens is 508 g/mol. The average molecular weight is 547 g/mol. The van der Waals surface area contributed by atoms with Crippen LogP contribution in [0, 0.1) is 0 Å². The summed E-state index contributed by atoms with van der Waals surface area (Å²) in [6.07, 6.45) is 3.68. The molecule has 5 heterocycles. The van der Waals surface area contributed by atoms with Crippen LogP contribution >= 0.6 is 0 Å². The SMILES string of the molecule is CC[C@@]12CCCOCc3ccc4c(c3)[C@H](CC(C)(C)O4)NC(=O)c3ccc4c(c3)[C@@H](CCO4)N(C(=O)C1)C(N)=N2. The van der Waals surface area contributed by atoms with Gasteiger partial charge >= 0.3 is 0 Å². The molecule has 40 heavy (non-hydrogen) atoms. The number of aliphatic imine (C=N–C) groups is 1. The van der Waals surface area contributed by atoms with Crippen LogP contribution in [-0.4, -0.2) is 47.0 Å². The summed E-state index contributed by atoms with van der Waals surface area (Å²) < 4.78 is 18.2. The van der Waals surface area contributed by atoms with Gasteiger partial charge in [-0.1, -0.05) is 13.0 Å². The lowest BCUT2D eigenvalue weighted by atomic mass is 9.85. The molecule has 0 unspecified atom stereocenters. The van der Waals surface area contributed by atoms with Crippen molar-refractivity contribution in [3.63, 3.8) is 0 Å². The Balaban J connectivity index is 1.41.